The van der Waals surface area contributed by atoms with Crippen LogP contribution in [0.2, 0.25) is 0 Å². The Labute approximate surface area is 176 Å². The number of nitrogens with zero attached hydrogens (tertiary/aromatic N) is 2. The zero-order chi connectivity index (χ0) is 21.1. The van der Waals surface area contributed by atoms with E-state index in [2.05, 4.69) is 43.1 Å². The van der Waals surface area contributed by atoms with E-state index in [1.807, 2.05) is 17.0 Å². The lowest BCUT2D eigenvalue weighted by molar-refractivity contribution is -0.131. The van der Waals surface area contributed by atoms with Gasteiger partial charge >= 0.3 is 0 Å². The van der Waals surface area contributed by atoms with Gasteiger partial charge in [-0.1, -0.05) is 32.4 Å². The van der Waals surface area contributed by atoms with Crippen molar-refractivity contribution < 1.29 is 9.59 Å². The quantitative estimate of drug-likeness (QED) is 0.578. The summed E-state index contributed by atoms with van der Waals surface area (Å²) < 4.78 is 0. The molecule has 1 saturated heterocycles. The molecule has 1 aromatic rings. The van der Waals surface area contributed by atoms with Crippen molar-refractivity contribution in [3.05, 3.63) is 29.8 Å². The lowest BCUT2D eigenvalue weighted by Crippen LogP contribution is -2.36. The molecule has 2 amide bonds. The van der Waals surface area contributed by atoms with Crippen LogP contribution < -0.4 is 5.32 Å². The van der Waals surface area contributed by atoms with Crippen LogP contribution in [-0.2, 0) is 16.1 Å². The first kappa shape index (κ1) is 23.4. The SMILES string of the molecule is CCCN(CCC)C(=O)CCCC(=O)Nc1ccc(CN2CCCCC2C)cc1. The Bertz CT molecular complexity index is 624. The summed E-state index contributed by atoms with van der Waals surface area (Å²) >= 11 is 0. The molecule has 1 fully saturated rings. The van der Waals surface area contributed by atoms with Crippen LogP contribution in [0.3, 0.4) is 0 Å². The van der Waals surface area contributed by atoms with E-state index in [1.165, 1.54) is 31.4 Å². The van der Waals surface area contributed by atoms with Crippen molar-refractivity contribution >= 4 is 17.5 Å². The number of rotatable bonds is 11. The van der Waals surface area contributed by atoms with Crippen molar-refractivity contribution in [3.8, 4) is 0 Å². The molecule has 29 heavy (non-hydrogen) atoms. The number of amides is 2. The molecular formula is C24H39N3O2. The van der Waals surface area contributed by atoms with Gasteiger partial charge in [0.2, 0.25) is 11.8 Å². The molecule has 1 atom stereocenters. The van der Waals surface area contributed by atoms with Gasteiger partial charge in [-0.3, -0.25) is 14.5 Å². The smallest absolute Gasteiger partial charge is 0.224 e. The van der Waals surface area contributed by atoms with Crippen molar-refractivity contribution in [3.63, 3.8) is 0 Å². The predicted octanol–water partition coefficient (Wildman–Crippen LogP) is 4.82. The van der Waals surface area contributed by atoms with Crippen LogP contribution in [-0.4, -0.2) is 47.3 Å². The van der Waals surface area contributed by atoms with Crippen molar-refractivity contribution in [2.45, 2.75) is 84.7 Å². The van der Waals surface area contributed by atoms with Crippen LogP contribution in [0.15, 0.2) is 24.3 Å². The van der Waals surface area contributed by atoms with Crippen molar-refractivity contribution in [1.29, 1.82) is 0 Å². The van der Waals surface area contributed by atoms with Crippen LogP contribution in [0.25, 0.3) is 0 Å². The standard InChI is InChI=1S/C24H39N3O2/c1-4-16-26(17-5-2)24(29)11-8-10-23(28)25-22-14-12-21(13-15-22)19-27-18-7-6-9-20(27)3/h12-15,20H,4-11,16-19H2,1-3H3,(H,25,28). The second kappa shape index (κ2) is 12.6. The summed E-state index contributed by atoms with van der Waals surface area (Å²) in [6.45, 7) is 10.2. The van der Waals surface area contributed by atoms with Gasteiger partial charge in [-0.2, -0.15) is 0 Å². The van der Waals surface area contributed by atoms with E-state index < -0.39 is 0 Å². The van der Waals surface area contributed by atoms with E-state index in [0.29, 0.717) is 25.3 Å². The molecule has 1 aliphatic rings. The van der Waals surface area contributed by atoms with Gasteiger partial charge in [0, 0.05) is 44.2 Å². The summed E-state index contributed by atoms with van der Waals surface area (Å²) in [6.07, 6.45) is 7.27. The number of piperidine rings is 1. The second-order valence-corrected chi connectivity index (χ2v) is 8.29. The van der Waals surface area contributed by atoms with Gasteiger partial charge < -0.3 is 10.2 Å². The highest BCUT2D eigenvalue weighted by Gasteiger charge is 2.18. The molecule has 5 nitrogen and oxygen atoms in total. The van der Waals surface area contributed by atoms with Gasteiger partial charge in [-0.25, -0.2) is 0 Å². The molecule has 0 bridgehead atoms. The highest BCUT2D eigenvalue weighted by molar-refractivity contribution is 5.91. The number of nitrogens with one attached hydrogen (secondary N) is 1. The fourth-order valence-corrected chi connectivity index (χ4v) is 4.00. The minimum Gasteiger partial charge on any atom is -0.343 e. The van der Waals surface area contributed by atoms with E-state index in [4.69, 9.17) is 0 Å². The third-order valence-corrected chi connectivity index (χ3v) is 5.70. The summed E-state index contributed by atoms with van der Waals surface area (Å²) in [5.74, 6) is 0.144. The molecule has 0 spiro atoms. The minimum atomic E-state index is -0.0206. The Morgan fingerprint density at radius 2 is 1.76 bits per heavy atom. The number of likely N-dealkylation sites (tertiary alicyclic amines) is 1. The average molecular weight is 402 g/mol. The molecule has 0 aliphatic carbocycles. The number of hydrogen-bond acceptors (Lipinski definition) is 3. The maximum atomic E-state index is 12.3. The topological polar surface area (TPSA) is 52.7 Å². The number of carbonyl (C=O) groups is 2. The normalized spacial score (nSPS) is 17.1. The number of benzene rings is 1. The first-order chi connectivity index (χ1) is 14.0. The molecule has 1 unspecified atom stereocenters. The van der Waals surface area contributed by atoms with Crippen molar-refractivity contribution in [2.75, 3.05) is 25.0 Å². The van der Waals surface area contributed by atoms with Crippen molar-refractivity contribution in [1.82, 2.24) is 9.80 Å². The molecule has 2 rings (SSSR count). The Morgan fingerprint density at radius 1 is 1.07 bits per heavy atom. The lowest BCUT2D eigenvalue weighted by atomic mass is 10.0. The molecule has 162 valence electrons. The van der Waals surface area contributed by atoms with E-state index in [0.717, 1.165) is 38.2 Å². The number of carbonyl (C=O) groups excluding carboxylic acids is 2. The third kappa shape index (κ3) is 8.17. The zero-order valence-corrected chi connectivity index (χ0v) is 18.6. The lowest BCUT2D eigenvalue weighted by Gasteiger charge is -2.33. The minimum absolute atomic E-state index is 0.0206. The van der Waals surface area contributed by atoms with Gasteiger partial charge in [0.1, 0.15) is 0 Å². The van der Waals surface area contributed by atoms with Crippen LogP contribution in [0.1, 0.15) is 77.7 Å². The highest BCUT2D eigenvalue weighted by atomic mass is 16.2. The summed E-state index contributed by atoms with van der Waals surface area (Å²) in [5, 5.41) is 2.96. The second-order valence-electron chi connectivity index (χ2n) is 8.29. The Balaban J connectivity index is 1.72. The fourth-order valence-electron chi connectivity index (χ4n) is 4.00. The summed E-state index contributed by atoms with van der Waals surface area (Å²) in [7, 11) is 0. The molecule has 0 aromatic heterocycles. The molecule has 0 saturated carbocycles. The summed E-state index contributed by atoms with van der Waals surface area (Å²) in [6, 6.07) is 8.83. The van der Waals surface area contributed by atoms with E-state index in [-0.39, 0.29) is 11.8 Å². The summed E-state index contributed by atoms with van der Waals surface area (Å²) in [4.78, 5) is 28.9. The van der Waals surface area contributed by atoms with Crippen molar-refractivity contribution in [2.24, 2.45) is 0 Å². The largest absolute Gasteiger partial charge is 0.343 e. The van der Waals surface area contributed by atoms with E-state index in [1.54, 1.807) is 0 Å². The van der Waals surface area contributed by atoms with Gasteiger partial charge in [0.15, 0.2) is 0 Å². The number of hydrogen-bond donors (Lipinski definition) is 1. The first-order valence-corrected chi connectivity index (χ1v) is 11.4. The van der Waals surface area contributed by atoms with Crippen LogP contribution in [0.4, 0.5) is 5.69 Å². The zero-order valence-electron chi connectivity index (χ0n) is 18.6. The first-order valence-electron chi connectivity index (χ1n) is 11.4. The average Bonchev–Trinajstić information content (AvgIpc) is 2.71. The van der Waals surface area contributed by atoms with Crippen LogP contribution >= 0.6 is 0 Å². The third-order valence-electron chi connectivity index (χ3n) is 5.70. The van der Waals surface area contributed by atoms with E-state index >= 15 is 0 Å². The monoisotopic (exact) mass is 401 g/mol. The highest BCUT2D eigenvalue weighted by Crippen LogP contribution is 2.20. The Morgan fingerprint density at radius 3 is 2.38 bits per heavy atom. The Kier molecular flexibility index (Phi) is 10.2. The molecule has 0 radical (unpaired) electrons. The van der Waals surface area contributed by atoms with Gasteiger partial charge in [-0.05, 0) is 63.3 Å². The molecule has 1 aromatic carbocycles. The maximum Gasteiger partial charge on any atom is 0.224 e. The van der Waals surface area contributed by atoms with Crippen LogP contribution in [0, 0.1) is 0 Å². The molecule has 5 heteroatoms. The summed E-state index contributed by atoms with van der Waals surface area (Å²) in [5.41, 5.74) is 2.12. The molecular weight excluding hydrogens is 362 g/mol. The molecule has 1 aliphatic heterocycles. The maximum absolute atomic E-state index is 12.3. The van der Waals surface area contributed by atoms with Gasteiger partial charge in [-0.15, -0.1) is 0 Å². The van der Waals surface area contributed by atoms with Gasteiger partial charge in [0.25, 0.3) is 0 Å². The van der Waals surface area contributed by atoms with E-state index in [9.17, 15) is 9.59 Å². The van der Waals surface area contributed by atoms with Crippen LogP contribution in [0.5, 0.6) is 0 Å². The Hall–Kier alpha value is -1.88. The number of anilines is 1. The fraction of sp³-hybridized carbons (Fsp3) is 0.667. The molecule has 1 heterocycles. The van der Waals surface area contributed by atoms with Gasteiger partial charge in [0.05, 0.1) is 0 Å². The predicted molar refractivity (Wildman–Crippen MR) is 120 cm³/mol. The molecule has 1 N–H and O–H groups in total.